The number of rotatable bonds is 6. The number of benzene rings is 3. The van der Waals surface area contributed by atoms with Gasteiger partial charge in [0.25, 0.3) is 0 Å². The Bertz CT molecular complexity index is 1640. The van der Waals surface area contributed by atoms with Crippen molar-refractivity contribution < 1.29 is 19.3 Å². The van der Waals surface area contributed by atoms with E-state index in [1.807, 2.05) is 30.3 Å². The molecule has 1 aliphatic rings. The third-order valence-corrected chi connectivity index (χ3v) is 6.83. The molecule has 0 spiro atoms. The molecule has 1 N–H and O–H groups in total. The van der Waals surface area contributed by atoms with Crippen molar-refractivity contribution in [2.45, 2.75) is 39.2 Å². The van der Waals surface area contributed by atoms with Gasteiger partial charge in [0.1, 0.15) is 35.9 Å². The number of phenolic OH excluding ortho intramolecular Hbond substituents is 1. The van der Waals surface area contributed by atoms with E-state index < -0.39 is 0 Å². The molecule has 0 radical (unpaired) electrons. The van der Waals surface area contributed by atoms with Crippen LogP contribution >= 0.6 is 0 Å². The lowest BCUT2D eigenvalue weighted by Gasteiger charge is -2.28. The predicted molar refractivity (Wildman–Crippen MR) is 143 cm³/mol. The molecule has 0 aliphatic carbocycles. The van der Waals surface area contributed by atoms with Crippen LogP contribution in [0, 0.1) is 6.92 Å². The summed E-state index contributed by atoms with van der Waals surface area (Å²) < 4.78 is 19.4. The maximum Gasteiger partial charge on any atom is 0.228 e. The molecule has 5 aromatic rings. The van der Waals surface area contributed by atoms with Gasteiger partial charge in [-0.05, 0) is 53.8 Å². The van der Waals surface area contributed by atoms with E-state index in [0.29, 0.717) is 29.0 Å². The smallest absolute Gasteiger partial charge is 0.228 e. The Morgan fingerprint density at radius 3 is 2.63 bits per heavy atom. The van der Waals surface area contributed by atoms with Gasteiger partial charge in [0.05, 0.1) is 12.7 Å². The molecule has 0 saturated heterocycles. The summed E-state index contributed by atoms with van der Waals surface area (Å²) in [5.74, 6) is 3.35. The van der Waals surface area contributed by atoms with Crippen molar-refractivity contribution in [3.63, 3.8) is 0 Å². The van der Waals surface area contributed by atoms with Gasteiger partial charge in [0.15, 0.2) is 11.5 Å². The van der Waals surface area contributed by atoms with E-state index in [0.717, 1.165) is 39.3 Å². The quantitative estimate of drug-likeness (QED) is 0.289. The summed E-state index contributed by atoms with van der Waals surface area (Å²) in [5, 5.41) is 14.8. The Hall–Kier alpha value is -4.59. The van der Waals surface area contributed by atoms with Crippen LogP contribution in [-0.2, 0) is 6.61 Å². The van der Waals surface area contributed by atoms with Crippen molar-refractivity contribution in [3.05, 3.63) is 101 Å². The molecule has 8 nitrogen and oxygen atoms in total. The fourth-order valence-corrected chi connectivity index (χ4v) is 4.94. The summed E-state index contributed by atoms with van der Waals surface area (Å²) in [5.41, 5.74) is 5.63. The highest BCUT2D eigenvalue weighted by Gasteiger charge is 2.33. The second kappa shape index (κ2) is 9.37. The number of nitrogens with zero attached hydrogens (tertiary/aromatic N) is 4. The Morgan fingerprint density at radius 1 is 1.05 bits per heavy atom. The number of aromatic nitrogens is 4. The van der Waals surface area contributed by atoms with E-state index in [9.17, 15) is 5.11 Å². The maximum atomic E-state index is 10.1. The SMILES string of the molecule is COc1ccc([C@@H]2c3ccc(O)cc3Oc3ncn4nc(COc5cc(C)ccc5C(C)C)nc4c32)cc1. The van der Waals surface area contributed by atoms with Crippen molar-refractivity contribution in [1.82, 2.24) is 19.6 Å². The molecule has 0 fully saturated rings. The van der Waals surface area contributed by atoms with Crippen molar-refractivity contribution in [3.8, 4) is 28.9 Å². The predicted octanol–water partition coefficient (Wildman–Crippen LogP) is 6.14. The standard InChI is InChI=1S/C30H28N4O4/c1-17(2)22-11-5-18(3)13-24(22)37-15-26-32-29-28-27(19-6-9-21(36-4)10-7-19)23-12-8-20(35)14-25(23)38-30(28)31-16-34(29)33-26/h5-14,16-17,27,35H,15H2,1-4H3/t27-/m1/s1. The Kier molecular flexibility index (Phi) is 5.87. The third-order valence-electron chi connectivity index (χ3n) is 6.83. The van der Waals surface area contributed by atoms with Gasteiger partial charge in [-0.1, -0.05) is 44.2 Å². The summed E-state index contributed by atoms with van der Waals surface area (Å²) in [6.07, 6.45) is 1.59. The van der Waals surface area contributed by atoms with Gasteiger partial charge in [0.2, 0.25) is 5.88 Å². The molecule has 192 valence electrons. The maximum absolute atomic E-state index is 10.1. The summed E-state index contributed by atoms with van der Waals surface area (Å²) >= 11 is 0. The zero-order valence-electron chi connectivity index (χ0n) is 21.7. The average molecular weight is 509 g/mol. The van der Waals surface area contributed by atoms with Crippen LogP contribution in [0.5, 0.6) is 28.9 Å². The fraction of sp³-hybridized carbons (Fsp3) is 0.233. The largest absolute Gasteiger partial charge is 0.508 e. The molecule has 38 heavy (non-hydrogen) atoms. The van der Waals surface area contributed by atoms with Gasteiger partial charge in [-0.2, -0.15) is 0 Å². The molecule has 1 aliphatic heterocycles. The van der Waals surface area contributed by atoms with Crippen LogP contribution in [0.1, 0.15) is 59.3 Å². The fourth-order valence-electron chi connectivity index (χ4n) is 4.94. The monoisotopic (exact) mass is 508 g/mol. The third kappa shape index (κ3) is 4.18. The molecule has 3 aromatic carbocycles. The van der Waals surface area contributed by atoms with Gasteiger partial charge in [-0.15, -0.1) is 5.10 Å². The molecule has 3 heterocycles. The number of hydrogen-bond donors (Lipinski definition) is 1. The first kappa shape index (κ1) is 23.8. The molecular weight excluding hydrogens is 480 g/mol. The van der Waals surface area contributed by atoms with E-state index in [2.05, 4.69) is 49.1 Å². The van der Waals surface area contributed by atoms with Crippen LogP contribution in [-0.4, -0.2) is 31.8 Å². The van der Waals surface area contributed by atoms with Gasteiger partial charge in [-0.25, -0.2) is 14.5 Å². The second-order valence-electron chi connectivity index (χ2n) is 9.77. The lowest BCUT2D eigenvalue weighted by atomic mass is 9.84. The molecular formula is C30H28N4O4. The van der Waals surface area contributed by atoms with Crippen LogP contribution in [0.4, 0.5) is 0 Å². The highest BCUT2D eigenvalue weighted by Crippen LogP contribution is 2.48. The van der Waals surface area contributed by atoms with Crippen molar-refractivity contribution in [1.29, 1.82) is 0 Å². The number of aromatic hydroxyl groups is 1. The van der Waals surface area contributed by atoms with Crippen molar-refractivity contribution in [2.75, 3.05) is 7.11 Å². The minimum atomic E-state index is -0.237. The number of methoxy groups -OCH3 is 1. The highest BCUT2D eigenvalue weighted by atomic mass is 16.5. The number of phenols is 1. The van der Waals surface area contributed by atoms with Crippen LogP contribution in [0.25, 0.3) is 5.65 Å². The molecule has 0 saturated carbocycles. The lowest BCUT2D eigenvalue weighted by Crippen LogP contribution is -2.15. The lowest BCUT2D eigenvalue weighted by molar-refractivity contribution is 0.291. The second-order valence-corrected chi connectivity index (χ2v) is 9.77. The van der Waals surface area contributed by atoms with Crippen molar-refractivity contribution in [2.24, 2.45) is 0 Å². The van der Waals surface area contributed by atoms with Crippen LogP contribution in [0.3, 0.4) is 0 Å². The highest BCUT2D eigenvalue weighted by molar-refractivity contribution is 5.66. The molecule has 0 amide bonds. The Labute approximate surface area is 220 Å². The summed E-state index contributed by atoms with van der Waals surface area (Å²) in [4.78, 5) is 9.43. The average Bonchev–Trinajstić information content (AvgIpc) is 3.34. The number of ether oxygens (including phenoxy) is 3. The molecule has 0 unspecified atom stereocenters. The van der Waals surface area contributed by atoms with Gasteiger partial charge in [-0.3, -0.25) is 0 Å². The normalized spacial score (nSPS) is 14.2. The minimum Gasteiger partial charge on any atom is -0.508 e. The Balaban J connectivity index is 1.43. The summed E-state index contributed by atoms with van der Waals surface area (Å²) in [7, 11) is 1.64. The first-order valence-corrected chi connectivity index (χ1v) is 12.5. The van der Waals surface area contributed by atoms with E-state index >= 15 is 0 Å². The zero-order valence-corrected chi connectivity index (χ0v) is 21.7. The van der Waals surface area contributed by atoms with Crippen LogP contribution < -0.4 is 14.2 Å². The minimum absolute atomic E-state index is 0.126. The van der Waals surface area contributed by atoms with E-state index in [-0.39, 0.29) is 18.3 Å². The van der Waals surface area contributed by atoms with Crippen LogP contribution in [0.15, 0.2) is 67.0 Å². The zero-order chi connectivity index (χ0) is 26.4. The molecule has 8 heteroatoms. The topological polar surface area (TPSA) is 91.0 Å². The van der Waals surface area contributed by atoms with E-state index in [4.69, 9.17) is 19.2 Å². The van der Waals surface area contributed by atoms with Gasteiger partial charge in [0, 0.05) is 17.5 Å². The molecule has 2 aromatic heterocycles. The van der Waals surface area contributed by atoms with Gasteiger partial charge >= 0.3 is 0 Å². The number of fused-ring (bicyclic) bond motifs is 4. The van der Waals surface area contributed by atoms with E-state index in [1.54, 1.807) is 30.1 Å². The molecule has 6 rings (SSSR count). The summed E-state index contributed by atoms with van der Waals surface area (Å²) in [6, 6.07) is 19.3. The first-order valence-electron chi connectivity index (χ1n) is 12.5. The van der Waals surface area contributed by atoms with Gasteiger partial charge < -0.3 is 19.3 Å². The number of hydrogen-bond acceptors (Lipinski definition) is 7. The first-order chi connectivity index (χ1) is 18.4. The Morgan fingerprint density at radius 2 is 1.87 bits per heavy atom. The molecule has 0 bridgehead atoms. The van der Waals surface area contributed by atoms with Crippen molar-refractivity contribution >= 4 is 5.65 Å². The number of aryl methyl sites for hydroxylation is 1. The molecule has 1 atom stereocenters. The van der Waals surface area contributed by atoms with Crippen LogP contribution in [0.2, 0.25) is 0 Å². The van der Waals surface area contributed by atoms with E-state index in [1.165, 1.54) is 0 Å². The summed E-state index contributed by atoms with van der Waals surface area (Å²) in [6.45, 7) is 6.57.